The zero-order valence-corrected chi connectivity index (χ0v) is 9.68. The first-order valence-electron chi connectivity index (χ1n) is 4.65. The van der Waals surface area contributed by atoms with Crippen LogP contribution in [0, 0.1) is 10.1 Å². The van der Waals surface area contributed by atoms with Gasteiger partial charge >= 0.3 is 5.69 Å². The molecule has 0 amide bonds. The maximum atomic E-state index is 10.7. The van der Waals surface area contributed by atoms with Gasteiger partial charge in [-0.1, -0.05) is 12.2 Å². The lowest BCUT2D eigenvalue weighted by Crippen LogP contribution is -1.96. The van der Waals surface area contributed by atoms with Crippen LogP contribution in [0.2, 0.25) is 0 Å². The molecule has 0 aliphatic carbocycles. The van der Waals surface area contributed by atoms with Crippen LogP contribution in [0.4, 0.5) is 5.69 Å². The van der Waals surface area contributed by atoms with Crippen LogP contribution in [-0.4, -0.2) is 22.8 Å². The van der Waals surface area contributed by atoms with Crippen molar-refractivity contribution in [2.24, 2.45) is 0 Å². The topological polar surface area (TPSA) is 65.3 Å². The van der Waals surface area contributed by atoms with E-state index in [2.05, 4.69) is 17.6 Å². The van der Waals surface area contributed by atoms with Gasteiger partial charge in [0.2, 0.25) is 0 Å². The zero-order valence-electron chi connectivity index (χ0n) is 8.79. The van der Waals surface area contributed by atoms with Crippen molar-refractivity contribution in [3.8, 4) is 5.88 Å². The molecule has 0 bridgehead atoms. The van der Waals surface area contributed by atoms with E-state index >= 15 is 0 Å². The van der Waals surface area contributed by atoms with Gasteiger partial charge in [0.25, 0.3) is 5.88 Å². The second-order valence-corrected chi connectivity index (χ2v) is 3.42. The predicted octanol–water partition coefficient (Wildman–Crippen LogP) is 2.33. The van der Waals surface area contributed by atoms with E-state index in [0.717, 1.165) is 12.2 Å². The predicted molar refractivity (Wildman–Crippen MR) is 64.9 cm³/mol. The van der Waals surface area contributed by atoms with Crippen molar-refractivity contribution in [2.45, 2.75) is 6.42 Å². The number of nitrogens with zero attached hydrogens (tertiary/aromatic N) is 2. The van der Waals surface area contributed by atoms with Crippen LogP contribution in [0.5, 0.6) is 5.88 Å². The van der Waals surface area contributed by atoms with E-state index in [9.17, 15) is 10.1 Å². The molecule has 1 heterocycles. The number of pyridine rings is 1. The van der Waals surface area contributed by atoms with Crippen molar-refractivity contribution < 1.29 is 9.66 Å². The summed E-state index contributed by atoms with van der Waals surface area (Å²) in [6, 6.07) is 1.43. The Morgan fingerprint density at radius 1 is 1.69 bits per heavy atom. The van der Waals surface area contributed by atoms with Crippen molar-refractivity contribution in [3.05, 3.63) is 34.0 Å². The van der Waals surface area contributed by atoms with Gasteiger partial charge in [0, 0.05) is 12.3 Å². The Morgan fingerprint density at radius 3 is 3.00 bits per heavy atom. The summed E-state index contributed by atoms with van der Waals surface area (Å²) in [7, 11) is 1.35. The molecule has 86 valence electrons. The van der Waals surface area contributed by atoms with E-state index in [-0.39, 0.29) is 11.6 Å². The Balaban J connectivity index is 2.98. The van der Waals surface area contributed by atoms with Gasteiger partial charge in [0.1, 0.15) is 0 Å². The fraction of sp³-hybridized carbons (Fsp3) is 0.300. The summed E-state index contributed by atoms with van der Waals surface area (Å²) in [5, 5.41) is 10.7. The second kappa shape index (κ2) is 6.12. The monoisotopic (exact) mass is 240 g/mol. The number of ether oxygens (including phenoxy) is 1. The highest BCUT2D eigenvalue weighted by atomic mass is 32.1. The van der Waals surface area contributed by atoms with Crippen LogP contribution in [-0.2, 0) is 0 Å². The van der Waals surface area contributed by atoms with Gasteiger partial charge in [-0.3, -0.25) is 10.1 Å². The molecule has 1 aromatic heterocycles. The molecule has 6 heteroatoms. The van der Waals surface area contributed by atoms with Crippen molar-refractivity contribution in [3.63, 3.8) is 0 Å². The van der Waals surface area contributed by atoms with Gasteiger partial charge in [0.05, 0.1) is 12.0 Å². The van der Waals surface area contributed by atoms with Crippen LogP contribution in [0.25, 0.3) is 6.08 Å². The number of allylic oxidation sites excluding steroid dienone is 1. The van der Waals surface area contributed by atoms with E-state index in [1.807, 2.05) is 6.08 Å². The molecule has 0 fully saturated rings. The molecule has 1 aromatic rings. The molecule has 0 radical (unpaired) electrons. The normalized spacial score (nSPS) is 10.6. The van der Waals surface area contributed by atoms with Crippen LogP contribution in [0.15, 0.2) is 18.3 Å². The summed E-state index contributed by atoms with van der Waals surface area (Å²) in [5.41, 5.74) is 0.546. The van der Waals surface area contributed by atoms with Gasteiger partial charge in [-0.15, -0.1) is 0 Å². The first-order chi connectivity index (χ1) is 7.69. The SMILES string of the molecule is COc1ncc(C=CCCS)cc1[N+](=O)[O-]. The number of nitro groups is 1. The van der Waals surface area contributed by atoms with Crippen molar-refractivity contribution in [1.29, 1.82) is 0 Å². The molecule has 0 N–H and O–H groups in total. The van der Waals surface area contributed by atoms with Gasteiger partial charge in [-0.2, -0.15) is 12.6 Å². The molecular weight excluding hydrogens is 228 g/mol. The van der Waals surface area contributed by atoms with Gasteiger partial charge in [-0.05, 0) is 17.7 Å². The van der Waals surface area contributed by atoms with E-state index in [1.54, 1.807) is 6.08 Å². The first-order valence-corrected chi connectivity index (χ1v) is 5.28. The van der Waals surface area contributed by atoms with E-state index < -0.39 is 4.92 Å². The van der Waals surface area contributed by atoms with Crippen LogP contribution >= 0.6 is 12.6 Å². The quantitative estimate of drug-likeness (QED) is 0.487. The Labute approximate surface area is 98.7 Å². The number of hydrogen-bond acceptors (Lipinski definition) is 5. The number of hydrogen-bond donors (Lipinski definition) is 1. The summed E-state index contributed by atoms with van der Waals surface area (Å²) < 4.78 is 4.80. The molecule has 5 nitrogen and oxygen atoms in total. The number of rotatable bonds is 5. The second-order valence-electron chi connectivity index (χ2n) is 2.97. The third-order valence-corrected chi connectivity index (χ3v) is 2.11. The Kier molecular flexibility index (Phi) is 4.78. The first kappa shape index (κ1) is 12.5. The van der Waals surface area contributed by atoms with E-state index in [0.29, 0.717) is 5.56 Å². The smallest absolute Gasteiger partial charge is 0.331 e. The standard InChI is InChI=1S/C10H12N2O3S/c1-15-10-9(12(13)14)6-8(7-11-10)4-2-3-5-16/h2,4,6-7,16H,3,5H2,1H3. The van der Waals surface area contributed by atoms with Gasteiger partial charge in [0.15, 0.2) is 0 Å². The average Bonchev–Trinajstić information content (AvgIpc) is 2.29. The van der Waals surface area contributed by atoms with Crippen LogP contribution in [0.3, 0.4) is 0 Å². The molecule has 1 rings (SSSR count). The highest BCUT2D eigenvalue weighted by Crippen LogP contribution is 2.24. The van der Waals surface area contributed by atoms with Crippen LogP contribution in [0.1, 0.15) is 12.0 Å². The van der Waals surface area contributed by atoms with Crippen LogP contribution < -0.4 is 4.74 Å². The van der Waals surface area contributed by atoms with E-state index in [1.165, 1.54) is 19.4 Å². The summed E-state index contributed by atoms with van der Waals surface area (Å²) in [5.74, 6) is 0.763. The minimum absolute atomic E-state index is 0.0244. The third-order valence-electron chi connectivity index (χ3n) is 1.85. The summed E-state index contributed by atoms with van der Waals surface area (Å²) >= 11 is 4.06. The number of thiol groups is 1. The summed E-state index contributed by atoms with van der Waals surface area (Å²) in [6.07, 6.45) is 6.00. The third kappa shape index (κ3) is 3.23. The lowest BCUT2D eigenvalue weighted by molar-refractivity contribution is -0.386. The molecule has 0 atom stereocenters. The molecule has 0 unspecified atom stereocenters. The Morgan fingerprint density at radius 2 is 2.44 bits per heavy atom. The average molecular weight is 240 g/mol. The fourth-order valence-electron chi connectivity index (χ4n) is 1.13. The maximum absolute atomic E-state index is 10.7. The molecular formula is C10H12N2O3S. The molecule has 0 aliphatic rings. The molecule has 0 aliphatic heterocycles. The van der Waals surface area contributed by atoms with Crippen molar-refractivity contribution in [2.75, 3.05) is 12.9 Å². The van der Waals surface area contributed by atoms with Gasteiger partial charge in [-0.25, -0.2) is 4.98 Å². The minimum Gasteiger partial charge on any atom is -0.476 e. The Bertz CT molecular complexity index is 407. The Hall–Kier alpha value is -1.56. The molecule has 16 heavy (non-hydrogen) atoms. The van der Waals surface area contributed by atoms with E-state index in [4.69, 9.17) is 4.74 Å². The molecule has 0 saturated carbocycles. The lowest BCUT2D eigenvalue weighted by atomic mass is 10.2. The summed E-state index contributed by atoms with van der Waals surface area (Å²) in [4.78, 5) is 14.1. The van der Waals surface area contributed by atoms with Crippen molar-refractivity contribution in [1.82, 2.24) is 4.98 Å². The fourth-order valence-corrected chi connectivity index (χ4v) is 1.28. The molecule has 0 saturated heterocycles. The molecule has 0 spiro atoms. The van der Waals surface area contributed by atoms with Gasteiger partial charge < -0.3 is 4.74 Å². The molecule has 0 aromatic carbocycles. The summed E-state index contributed by atoms with van der Waals surface area (Å²) in [6.45, 7) is 0. The highest BCUT2D eigenvalue weighted by Gasteiger charge is 2.15. The maximum Gasteiger partial charge on any atom is 0.331 e. The largest absolute Gasteiger partial charge is 0.476 e. The van der Waals surface area contributed by atoms with Crippen molar-refractivity contribution >= 4 is 24.4 Å². The highest BCUT2D eigenvalue weighted by molar-refractivity contribution is 7.80. The minimum atomic E-state index is -0.512. The zero-order chi connectivity index (χ0) is 12.0. The lowest BCUT2D eigenvalue weighted by Gasteiger charge is -2.00. The number of methoxy groups -OCH3 is 1. The number of aromatic nitrogens is 1.